The number of ketones is 1. The number of carbonyl (C=O) groups is 2. The van der Waals surface area contributed by atoms with E-state index in [2.05, 4.69) is 0 Å². The maximum Gasteiger partial charge on any atom is 0.338 e. The molecule has 0 aliphatic carbocycles. The Kier molecular flexibility index (Phi) is 6.03. The zero-order valence-electron chi connectivity index (χ0n) is 16.1. The highest BCUT2D eigenvalue weighted by atomic mass is 16.5. The Morgan fingerprint density at radius 3 is 2.12 bits per heavy atom. The van der Waals surface area contributed by atoms with Gasteiger partial charge < -0.3 is 14.2 Å². The average molecular weight is 356 g/mol. The molecule has 0 aromatic heterocycles. The fourth-order valence-corrected chi connectivity index (χ4v) is 2.76. The van der Waals surface area contributed by atoms with Crippen molar-refractivity contribution in [2.45, 2.75) is 27.7 Å². The number of hydrogen-bond donors (Lipinski definition) is 0. The molecule has 138 valence electrons. The van der Waals surface area contributed by atoms with E-state index in [0.29, 0.717) is 22.6 Å². The van der Waals surface area contributed by atoms with Crippen LogP contribution in [0.4, 0.5) is 0 Å². The van der Waals surface area contributed by atoms with E-state index in [0.717, 1.165) is 16.7 Å². The molecule has 0 unspecified atom stereocenters. The molecule has 0 amide bonds. The molecule has 0 atom stereocenters. The molecule has 0 N–H and O–H groups in total. The van der Waals surface area contributed by atoms with E-state index >= 15 is 0 Å². The molecule has 0 heterocycles. The van der Waals surface area contributed by atoms with Crippen molar-refractivity contribution in [3.05, 3.63) is 57.6 Å². The number of methoxy groups -OCH3 is 2. The highest BCUT2D eigenvalue weighted by Crippen LogP contribution is 2.28. The summed E-state index contributed by atoms with van der Waals surface area (Å²) in [6, 6.07) is 6.56. The second-order valence-electron chi connectivity index (χ2n) is 6.19. The molecule has 2 aromatic carbocycles. The zero-order valence-corrected chi connectivity index (χ0v) is 16.1. The van der Waals surface area contributed by atoms with Crippen molar-refractivity contribution in [3.8, 4) is 11.5 Å². The Hall–Kier alpha value is -2.82. The van der Waals surface area contributed by atoms with Crippen LogP contribution in [0.25, 0.3) is 0 Å². The number of carbonyl (C=O) groups excluding carboxylic acids is 2. The maximum absolute atomic E-state index is 12.5. The number of ether oxygens (including phenoxy) is 3. The van der Waals surface area contributed by atoms with Gasteiger partial charge in [0.15, 0.2) is 18.1 Å². The lowest BCUT2D eigenvalue weighted by Crippen LogP contribution is -2.16. The van der Waals surface area contributed by atoms with Crippen molar-refractivity contribution in [2.24, 2.45) is 0 Å². The summed E-state index contributed by atoms with van der Waals surface area (Å²) in [5.41, 5.74) is 5.10. The van der Waals surface area contributed by atoms with Crippen LogP contribution in [0.5, 0.6) is 11.5 Å². The van der Waals surface area contributed by atoms with Gasteiger partial charge in [0.25, 0.3) is 0 Å². The van der Waals surface area contributed by atoms with Crippen LogP contribution in [0.3, 0.4) is 0 Å². The Labute approximate surface area is 153 Å². The van der Waals surface area contributed by atoms with Gasteiger partial charge in [-0.3, -0.25) is 4.79 Å². The van der Waals surface area contributed by atoms with E-state index in [4.69, 9.17) is 14.2 Å². The first kappa shape index (κ1) is 19.5. The number of Topliss-reactive ketones (excluding diaryl/α,β-unsaturated/α-hetero) is 1. The second kappa shape index (κ2) is 8.04. The van der Waals surface area contributed by atoms with Crippen LogP contribution in [0.1, 0.15) is 43.0 Å². The topological polar surface area (TPSA) is 61.8 Å². The van der Waals surface area contributed by atoms with Gasteiger partial charge in [0.2, 0.25) is 5.78 Å². The molecule has 5 nitrogen and oxygen atoms in total. The van der Waals surface area contributed by atoms with Gasteiger partial charge in [-0.2, -0.15) is 0 Å². The van der Waals surface area contributed by atoms with Crippen LogP contribution in [0.15, 0.2) is 24.3 Å². The molecule has 0 saturated carbocycles. The summed E-state index contributed by atoms with van der Waals surface area (Å²) in [7, 11) is 3.00. The number of rotatable bonds is 6. The smallest absolute Gasteiger partial charge is 0.338 e. The number of benzene rings is 2. The Morgan fingerprint density at radius 2 is 1.50 bits per heavy atom. The standard InChI is InChI=1S/C21H24O5/c1-12-9-17(15(4)14(3)13(12)2)18(22)11-26-21(23)16-7-8-19(24-5)20(10-16)25-6/h7-10H,11H2,1-6H3. The third-order valence-electron chi connectivity index (χ3n) is 4.74. The number of hydrogen-bond acceptors (Lipinski definition) is 5. The SMILES string of the molecule is COc1ccc(C(=O)OCC(=O)c2cc(C)c(C)c(C)c2C)cc1OC. The molecular formula is C21H24O5. The van der Waals surface area contributed by atoms with Gasteiger partial charge >= 0.3 is 5.97 Å². The molecule has 0 bridgehead atoms. The van der Waals surface area contributed by atoms with Gasteiger partial charge in [-0.1, -0.05) is 0 Å². The van der Waals surface area contributed by atoms with Gasteiger partial charge in [0.1, 0.15) is 0 Å². The lowest BCUT2D eigenvalue weighted by Gasteiger charge is -2.14. The van der Waals surface area contributed by atoms with Crippen LogP contribution in [0, 0.1) is 27.7 Å². The summed E-state index contributed by atoms with van der Waals surface area (Å²) < 4.78 is 15.5. The van der Waals surface area contributed by atoms with Gasteiger partial charge in [0.05, 0.1) is 19.8 Å². The molecule has 0 saturated heterocycles. The normalized spacial score (nSPS) is 10.4. The Balaban J connectivity index is 2.14. The molecule has 0 aliphatic heterocycles. The van der Waals surface area contributed by atoms with E-state index in [1.807, 2.05) is 33.8 Å². The second-order valence-corrected chi connectivity index (χ2v) is 6.19. The first-order valence-corrected chi connectivity index (χ1v) is 8.29. The monoisotopic (exact) mass is 356 g/mol. The van der Waals surface area contributed by atoms with Crippen LogP contribution < -0.4 is 9.47 Å². The lowest BCUT2D eigenvalue weighted by atomic mass is 9.93. The minimum absolute atomic E-state index is 0.220. The number of aryl methyl sites for hydroxylation is 1. The average Bonchev–Trinajstić information content (AvgIpc) is 2.66. The van der Waals surface area contributed by atoms with Crippen LogP contribution in [-0.4, -0.2) is 32.6 Å². The summed E-state index contributed by atoms with van der Waals surface area (Å²) in [5, 5.41) is 0. The number of esters is 1. The maximum atomic E-state index is 12.5. The molecule has 0 aliphatic rings. The van der Waals surface area contributed by atoms with Crippen LogP contribution in [-0.2, 0) is 4.74 Å². The van der Waals surface area contributed by atoms with E-state index in [1.165, 1.54) is 25.8 Å². The quantitative estimate of drug-likeness (QED) is 0.579. The largest absolute Gasteiger partial charge is 0.493 e. The summed E-state index contributed by atoms with van der Waals surface area (Å²) in [6.07, 6.45) is 0. The Bertz CT molecular complexity index is 852. The van der Waals surface area contributed by atoms with Crippen molar-refractivity contribution in [1.82, 2.24) is 0 Å². The minimum Gasteiger partial charge on any atom is -0.493 e. The molecule has 2 aromatic rings. The highest BCUT2D eigenvalue weighted by Gasteiger charge is 2.17. The fourth-order valence-electron chi connectivity index (χ4n) is 2.76. The molecule has 0 fully saturated rings. The van der Waals surface area contributed by atoms with E-state index in [9.17, 15) is 9.59 Å². The predicted octanol–water partition coefficient (Wildman–Crippen LogP) is 3.98. The van der Waals surface area contributed by atoms with Crippen LogP contribution >= 0.6 is 0 Å². The molecular weight excluding hydrogens is 332 g/mol. The van der Waals surface area contributed by atoms with Crippen LogP contribution in [0.2, 0.25) is 0 Å². The molecule has 5 heteroatoms. The first-order chi connectivity index (χ1) is 12.3. The lowest BCUT2D eigenvalue weighted by molar-refractivity contribution is 0.0474. The van der Waals surface area contributed by atoms with Gasteiger partial charge in [-0.25, -0.2) is 4.79 Å². The van der Waals surface area contributed by atoms with Gasteiger partial charge in [-0.05, 0) is 74.2 Å². The summed E-state index contributed by atoms with van der Waals surface area (Å²) in [4.78, 5) is 24.8. The third-order valence-corrected chi connectivity index (χ3v) is 4.74. The van der Waals surface area contributed by atoms with Crippen molar-refractivity contribution < 1.29 is 23.8 Å². The molecule has 0 radical (unpaired) electrons. The van der Waals surface area contributed by atoms with E-state index in [1.54, 1.807) is 12.1 Å². The summed E-state index contributed by atoms with van der Waals surface area (Å²) >= 11 is 0. The van der Waals surface area contributed by atoms with Gasteiger partial charge in [-0.15, -0.1) is 0 Å². The third kappa shape index (κ3) is 3.87. The fraction of sp³-hybridized carbons (Fsp3) is 0.333. The first-order valence-electron chi connectivity index (χ1n) is 8.29. The summed E-state index contributed by atoms with van der Waals surface area (Å²) in [6.45, 7) is 7.59. The van der Waals surface area contributed by atoms with Crippen molar-refractivity contribution in [1.29, 1.82) is 0 Å². The van der Waals surface area contributed by atoms with E-state index < -0.39 is 5.97 Å². The molecule has 26 heavy (non-hydrogen) atoms. The Morgan fingerprint density at radius 1 is 0.846 bits per heavy atom. The van der Waals surface area contributed by atoms with E-state index in [-0.39, 0.29) is 12.4 Å². The molecule has 2 rings (SSSR count). The predicted molar refractivity (Wildman–Crippen MR) is 99.5 cm³/mol. The van der Waals surface area contributed by atoms with Crippen molar-refractivity contribution in [2.75, 3.05) is 20.8 Å². The zero-order chi connectivity index (χ0) is 19.4. The summed E-state index contributed by atoms with van der Waals surface area (Å²) in [5.74, 6) is 0.135. The van der Waals surface area contributed by atoms with Crippen molar-refractivity contribution in [3.63, 3.8) is 0 Å². The van der Waals surface area contributed by atoms with Crippen molar-refractivity contribution >= 4 is 11.8 Å². The van der Waals surface area contributed by atoms with Gasteiger partial charge in [0, 0.05) is 5.56 Å². The minimum atomic E-state index is -0.586. The molecule has 0 spiro atoms. The highest BCUT2D eigenvalue weighted by molar-refractivity contribution is 6.01.